The van der Waals surface area contributed by atoms with Gasteiger partial charge in [-0.1, -0.05) is 6.92 Å². The van der Waals surface area contributed by atoms with Crippen LogP contribution in [0.3, 0.4) is 0 Å². The van der Waals surface area contributed by atoms with Gasteiger partial charge in [0.1, 0.15) is 0 Å². The second kappa shape index (κ2) is 6.32. The summed E-state index contributed by atoms with van der Waals surface area (Å²) < 4.78 is 0. The zero-order chi connectivity index (χ0) is 11.9. The van der Waals surface area contributed by atoms with Gasteiger partial charge in [-0.2, -0.15) is 0 Å². The van der Waals surface area contributed by atoms with Crippen LogP contribution in [0.15, 0.2) is 18.6 Å². The Morgan fingerprint density at radius 2 is 2.12 bits per heavy atom. The largest absolute Gasteiger partial charge is 0.343 e. The molecule has 3 N–H and O–H groups in total. The van der Waals surface area contributed by atoms with E-state index in [0.29, 0.717) is 0 Å². The molecule has 0 aliphatic rings. The molecule has 5 heteroatoms. The molecule has 2 rings (SSSR count). The van der Waals surface area contributed by atoms with Gasteiger partial charge in [0.25, 0.3) is 0 Å². The Balaban J connectivity index is 1.80. The van der Waals surface area contributed by atoms with E-state index in [1.165, 1.54) is 5.56 Å². The molecule has 5 nitrogen and oxygen atoms in total. The molecule has 0 aliphatic heterocycles. The topological polar surface area (TPSA) is 65.6 Å². The number of imidazole rings is 1. The Bertz CT molecular complexity index is 451. The van der Waals surface area contributed by atoms with Crippen molar-refractivity contribution in [1.29, 1.82) is 0 Å². The second-order valence-corrected chi connectivity index (χ2v) is 3.96. The molecule has 2 aromatic rings. The van der Waals surface area contributed by atoms with E-state index in [-0.39, 0.29) is 0 Å². The molecule has 0 fully saturated rings. The summed E-state index contributed by atoms with van der Waals surface area (Å²) in [5.41, 5.74) is 3.04. The molecule has 0 bridgehead atoms. The number of pyridine rings is 1. The lowest BCUT2D eigenvalue weighted by Crippen LogP contribution is -2.21. The van der Waals surface area contributed by atoms with E-state index < -0.39 is 0 Å². The molecule has 0 aliphatic carbocycles. The average molecular weight is 233 g/mol. The van der Waals surface area contributed by atoms with Crippen molar-refractivity contribution in [2.45, 2.75) is 19.9 Å². The van der Waals surface area contributed by atoms with Gasteiger partial charge in [-0.05, 0) is 37.7 Å². The van der Waals surface area contributed by atoms with Gasteiger partial charge in [0.2, 0.25) is 0 Å². The third kappa shape index (κ3) is 3.25. The summed E-state index contributed by atoms with van der Waals surface area (Å²) in [5, 5.41) is 6.73. The monoisotopic (exact) mass is 233 g/mol. The van der Waals surface area contributed by atoms with Crippen molar-refractivity contribution in [2.24, 2.45) is 0 Å². The number of hydrogen-bond acceptors (Lipinski definition) is 4. The SMILES string of the molecule is CCNCCCNCc1ccnc2nc[nH]c12. The zero-order valence-electron chi connectivity index (χ0n) is 10.2. The molecule has 0 radical (unpaired) electrons. The fraction of sp³-hybridized carbons (Fsp3) is 0.500. The molecule has 0 saturated heterocycles. The summed E-state index contributed by atoms with van der Waals surface area (Å²) in [6.45, 7) is 6.11. The lowest BCUT2D eigenvalue weighted by molar-refractivity contribution is 0.607. The first kappa shape index (κ1) is 12.0. The van der Waals surface area contributed by atoms with Gasteiger partial charge in [0.05, 0.1) is 11.8 Å². The van der Waals surface area contributed by atoms with Gasteiger partial charge in [0.15, 0.2) is 5.65 Å². The van der Waals surface area contributed by atoms with Gasteiger partial charge in [0, 0.05) is 12.7 Å². The summed E-state index contributed by atoms with van der Waals surface area (Å²) in [7, 11) is 0. The minimum atomic E-state index is 0.789. The van der Waals surface area contributed by atoms with Crippen LogP contribution in [-0.2, 0) is 6.54 Å². The number of rotatable bonds is 7. The van der Waals surface area contributed by atoms with Crippen LogP contribution in [0.25, 0.3) is 11.2 Å². The van der Waals surface area contributed by atoms with Crippen molar-refractivity contribution < 1.29 is 0 Å². The summed E-state index contributed by atoms with van der Waals surface area (Å²) in [6, 6.07) is 2.03. The van der Waals surface area contributed by atoms with Crippen LogP contribution in [-0.4, -0.2) is 34.6 Å². The van der Waals surface area contributed by atoms with Crippen LogP contribution in [0.2, 0.25) is 0 Å². The maximum atomic E-state index is 4.19. The predicted molar refractivity (Wildman–Crippen MR) is 68.8 cm³/mol. The molecule has 0 amide bonds. The third-order valence-electron chi connectivity index (χ3n) is 2.69. The molecular weight excluding hydrogens is 214 g/mol. The normalized spacial score (nSPS) is 11.1. The van der Waals surface area contributed by atoms with Crippen molar-refractivity contribution >= 4 is 11.2 Å². The Kier molecular flexibility index (Phi) is 4.46. The summed E-state index contributed by atoms with van der Waals surface area (Å²) >= 11 is 0. The van der Waals surface area contributed by atoms with Crippen LogP contribution in [0, 0.1) is 0 Å². The lowest BCUT2D eigenvalue weighted by atomic mass is 10.2. The Hall–Kier alpha value is -1.46. The maximum absolute atomic E-state index is 4.19. The molecule has 0 atom stereocenters. The van der Waals surface area contributed by atoms with E-state index in [1.54, 1.807) is 12.5 Å². The predicted octanol–water partition coefficient (Wildman–Crippen LogP) is 1.05. The quantitative estimate of drug-likeness (QED) is 0.625. The first-order valence-corrected chi connectivity index (χ1v) is 6.10. The number of aromatic amines is 1. The molecule has 17 heavy (non-hydrogen) atoms. The lowest BCUT2D eigenvalue weighted by Gasteiger charge is -2.05. The molecular formula is C12H19N5. The van der Waals surface area contributed by atoms with Gasteiger partial charge in [-0.15, -0.1) is 0 Å². The van der Waals surface area contributed by atoms with E-state index in [2.05, 4.69) is 32.5 Å². The number of H-pyrrole nitrogens is 1. The molecule has 2 heterocycles. The van der Waals surface area contributed by atoms with Gasteiger partial charge >= 0.3 is 0 Å². The van der Waals surface area contributed by atoms with Crippen molar-refractivity contribution in [3.8, 4) is 0 Å². The Morgan fingerprint density at radius 3 is 3.00 bits per heavy atom. The molecule has 0 saturated carbocycles. The number of nitrogens with zero attached hydrogens (tertiary/aromatic N) is 2. The molecule has 0 spiro atoms. The van der Waals surface area contributed by atoms with E-state index in [0.717, 1.165) is 43.8 Å². The highest BCUT2D eigenvalue weighted by Crippen LogP contribution is 2.11. The van der Waals surface area contributed by atoms with E-state index >= 15 is 0 Å². The van der Waals surface area contributed by atoms with Crippen LogP contribution < -0.4 is 10.6 Å². The van der Waals surface area contributed by atoms with E-state index in [1.807, 2.05) is 6.07 Å². The molecule has 0 aromatic carbocycles. The molecule has 2 aromatic heterocycles. The smallest absolute Gasteiger partial charge is 0.177 e. The van der Waals surface area contributed by atoms with E-state index in [4.69, 9.17) is 0 Å². The first-order valence-electron chi connectivity index (χ1n) is 6.10. The highest BCUT2D eigenvalue weighted by molar-refractivity contribution is 5.73. The number of hydrogen-bond donors (Lipinski definition) is 3. The van der Waals surface area contributed by atoms with Crippen LogP contribution in [0.5, 0.6) is 0 Å². The highest BCUT2D eigenvalue weighted by atomic mass is 15.0. The minimum Gasteiger partial charge on any atom is -0.343 e. The van der Waals surface area contributed by atoms with Crippen LogP contribution >= 0.6 is 0 Å². The Morgan fingerprint density at radius 1 is 1.24 bits per heavy atom. The van der Waals surface area contributed by atoms with Gasteiger partial charge in [-0.25, -0.2) is 9.97 Å². The van der Waals surface area contributed by atoms with Crippen molar-refractivity contribution in [2.75, 3.05) is 19.6 Å². The number of aromatic nitrogens is 3. The standard InChI is InChI=1S/C12H19N5/c1-2-13-5-3-6-14-8-10-4-7-15-12-11(10)16-9-17-12/h4,7,9,13-14H,2-3,5-6,8H2,1H3,(H,15,16,17). The fourth-order valence-electron chi connectivity index (χ4n) is 1.79. The third-order valence-corrected chi connectivity index (χ3v) is 2.69. The van der Waals surface area contributed by atoms with Crippen molar-refractivity contribution in [3.63, 3.8) is 0 Å². The maximum Gasteiger partial charge on any atom is 0.177 e. The first-order chi connectivity index (χ1) is 8.42. The number of fused-ring (bicyclic) bond motifs is 1. The summed E-state index contributed by atoms with van der Waals surface area (Å²) in [6.07, 6.45) is 4.64. The van der Waals surface area contributed by atoms with Gasteiger partial charge in [-0.3, -0.25) is 0 Å². The van der Waals surface area contributed by atoms with Crippen LogP contribution in [0.1, 0.15) is 18.9 Å². The Labute approximate surface area is 101 Å². The van der Waals surface area contributed by atoms with Crippen LogP contribution in [0.4, 0.5) is 0 Å². The van der Waals surface area contributed by atoms with Crippen molar-refractivity contribution in [3.05, 3.63) is 24.2 Å². The minimum absolute atomic E-state index is 0.789. The number of nitrogens with one attached hydrogen (secondary N) is 3. The fourth-order valence-corrected chi connectivity index (χ4v) is 1.79. The van der Waals surface area contributed by atoms with E-state index in [9.17, 15) is 0 Å². The summed E-state index contributed by atoms with van der Waals surface area (Å²) in [5.74, 6) is 0. The molecule has 92 valence electrons. The zero-order valence-corrected chi connectivity index (χ0v) is 10.2. The van der Waals surface area contributed by atoms with Crippen molar-refractivity contribution in [1.82, 2.24) is 25.6 Å². The highest BCUT2D eigenvalue weighted by Gasteiger charge is 2.02. The van der Waals surface area contributed by atoms with Gasteiger partial charge < -0.3 is 15.6 Å². The molecule has 0 unspecified atom stereocenters. The second-order valence-electron chi connectivity index (χ2n) is 3.96. The average Bonchev–Trinajstić information content (AvgIpc) is 2.82. The summed E-state index contributed by atoms with van der Waals surface area (Å²) in [4.78, 5) is 11.5.